The number of thioether (sulfide) groups is 1. The highest BCUT2D eigenvalue weighted by atomic mass is 32.2. The van der Waals surface area contributed by atoms with Gasteiger partial charge in [-0.2, -0.15) is 0 Å². The predicted octanol–water partition coefficient (Wildman–Crippen LogP) is 3.01. The molecule has 0 unspecified atom stereocenters. The van der Waals surface area contributed by atoms with E-state index in [0.717, 1.165) is 48.6 Å². The number of halogens is 1. The number of ether oxygens (including phenoxy) is 1. The zero-order valence-corrected chi connectivity index (χ0v) is 13.4. The van der Waals surface area contributed by atoms with Gasteiger partial charge in [-0.25, -0.2) is 4.39 Å². The van der Waals surface area contributed by atoms with Gasteiger partial charge in [-0.05, 0) is 55.2 Å². The molecule has 0 amide bonds. The smallest absolute Gasteiger partial charge is 0.166 e. The lowest BCUT2D eigenvalue weighted by Crippen LogP contribution is -2.41. The van der Waals surface area contributed by atoms with Crippen LogP contribution in [-0.2, 0) is 4.74 Å². The van der Waals surface area contributed by atoms with Crippen molar-refractivity contribution in [3.63, 3.8) is 0 Å². The lowest BCUT2D eigenvalue weighted by molar-refractivity contribution is 0.114. The average Bonchev–Trinajstić information content (AvgIpc) is 2.99. The molecule has 3 nitrogen and oxygen atoms in total. The maximum Gasteiger partial charge on any atom is 0.166 e. The van der Waals surface area contributed by atoms with Crippen molar-refractivity contribution in [2.45, 2.75) is 36.3 Å². The van der Waals surface area contributed by atoms with Gasteiger partial charge in [0.1, 0.15) is 5.82 Å². The molecule has 0 bridgehead atoms. The molecule has 2 atom stereocenters. The van der Waals surface area contributed by atoms with Crippen LogP contribution in [0.25, 0.3) is 0 Å². The fourth-order valence-electron chi connectivity index (χ4n) is 2.74. The maximum absolute atomic E-state index is 13.5. The van der Waals surface area contributed by atoms with E-state index < -0.39 is 0 Å². The molecule has 6 heteroatoms. The van der Waals surface area contributed by atoms with Crippen molar-refractivity contribution in [2.75, 3.05) is 18.9 Å². The summed E-state index contributed by atoms with van der Waals surface area (Å²) in [6.07, 6.45) is 3.42. The molecule has 114 valence electrons. The highest BCUT2D eigenvalue weighted by molar-refractivity contribution is 7.99. The molecular weight excluding hydrogens is 307 g/mol. The van der Waals surface area contributed by atoms with Gasteiger partial charge >= 0.3 is 0 Å². The lowest BCUT2D eigenvalue weighted by Gasteiger charge is -2.27. The zero-order valence-electron chi connectivity index (χ0n) is 11.7. The first kappa shape index (κ1) is 15.1. The number of benzene rings is 1. The van der Waals surface area contributed by atoms with E-state index in [-0.39, 0.29) is 18.0 Å². The summed E-state index contributed by atoms with van der Waals surface area (Å²) in [7, 11) is 0. The summed E-state index contributed by atoms with van der Waals surface area (Å²) >= 11 is 7.12. The van der Waals surface area contributed by atoms with E-state index in [9.17, 15) is 4.39 Å². The van der Waals surface area contributed by atoms with Gasteiger partial charge in [0.25, 0.3) is 0 Å². The van der Waals surface area contributed by atoms with Crippen molar-refractivity contribution < 1.29 is 9.13 Å². The second-order valence-electron chi connectivity index (χ2n) is 5.36. The van der Waals surface area contributed by atoms with Crippen LogP contribution in [0, 0.1) is 5.82 Å². The summed E-state index contributed by atoms with van der Waals surface area (Å²) < 4.78 is 19.0. The third-order valence-corrected chi connectivity index (χ3v) is 5.22. The molecule has 21 heavy (non-hydrogen) atoms. The number of hydrogen-bond acceptors (Lipinski definition) is 3. The van der Waals surface area contributed by atoms with Crippen molar-refractivity contribution in [3.05, 3.63) is 29.6 Å². The van der Waals surface area contributed by atoms with Crippen molar-refractivity contribution in [2.24, 2.45) is 0 Å². The Morgan fingerprint density at radius 1 is 1.43 bits per heavy atom. The van der Waals surface area contributed by atoms with Gasteiger partial charge in [-0.1, -0.05) is 0 Å². The quantitative estimate of drug-likeness (QED) is 0.835. The monoisotopic (exact) mass is 326 g/mol. The third kappa shape index (κ3) is 3.87. The number of rotatable bonds is 3. The number of nitrogens with one attached hydrogen (secondary N) is 2. The van der Waals surface area contributed by atoms with E-state index in [1.54, 1.807) is 17.8 Å². The van der Waals surface area contributed by atoms with Crippen LogP contribution >= 0.6 is 24.0 Å². The number of thiocarbonyl (C=S) groups is 1. The molecule has 2 N–H and O–H groups in total. The van der Waals surface area contributed by atoms with Crippen molar-refractivity contribution in [3.8, 4) is 0 Å². The second-order valence-corrected chi connectivity index (χ2v) is 6.91. The molecular formula is C15H19FN2OS2. The van der Waals surface area contributed by atoms with Gasteiger partial charge in [0.15, 0.2) is 5.11 Å². The van der Waals surface area contributed by atoms with E-state index >= 15 is 0 Å². The Balaban J connectivity index is 1.57. The maximum atomic E-state index is 13.5. The van der Waals surface area contributed by atoms with E-state index in [0.29, 0.717) is 5.11 Å². The standard InChI is InChI=1S/C15H19FN2OS2/c16-10-3-4-14-12(8-10)13(5-7-21-14)18-15(20)17-9-11-2-1-6-19-11/h3-4,8,11,13H,1-2,5-7,9H2,(H2,17,18,20)/t11-,13+/m1/s1. The van der Waals surface area contributed by atoms with Gasteiger partial charge in [0.2, 0.25) is 0 Å². The highest BCUT2D eigenvalue weighted by Crippen LogP contribution is 2.36. The van der Waals surface area contributed by atoms with Crippen LogP contribution in [0.5, 0.6) is 0 Å². The molecule has 2 aliphatic rings. The summed E-state index contributed by atoms with van der Waals surface area (Å²) in [5.74, 6) is 0.825. The molecule has 1 fully saturated rings. The van der Waals surface area contributed by atoms with Gasteiger partial charge in [-0.3, -0.25) is 0 Å². The number of fused-ring (bicyclic) bond motifs is 1. The summed E-state index contributed by atoms with van der Waals surface area (Å²) in [4.78, 5) is 1.14. The zero-order chi connectivity index (χ0) is 14.7. The molecule has 0 radical (unpaired) electrons. The second kappa shape index (κ2) is 6.94. The average molecular weight is 326 g/mol. The first-order valence-corrected chi connectivity index (χ1v) is 8.70. The van der Waals surface area contributed by atoms with E-state index in [1.807, 2.05) is 6.07 Å². The molecule has 2 heterocycles. The summed E-state index contributed by atoms with van der Waals surface area (Å²) in [5.41, 5.74) is 1.01. The van der Waals surface area contributed by atoms with Crippen LogP contribution in [-0.4, -0.2) is 30.1 Å². The minimum atomic E-state index is -0.193. The van der Waals surface area contributed by atoms with Crippen LogP contribution in [0.2, 0.25) is 0 Å². The normalized spacial score (nSPS) is 24.4. The van der Waals surface area contributed by atoms with Crippen molar-refractivity contribution >= 4 is 29.1 Å². The van der Waals surface area contributed by atoms with Crippen molar-refractivity contribution in [1.29, 1.82) is 0 Å². The first-order chi connectivity index (χ1) is 10.2. The van der Waals surface area contributed by atoms with Gasteiger partial charge in [0.05, 0.1) is 12.1 Å². The Bertz CT molecular complexity index is 520. The molecule has 3 rings (SSSR count). The molecule has 0 aromatic heterocycles. The molecule has 0 spiro atoms. The first-order valence-electron chi connectivity index (χ1n) is 7.30. The van der Waals surface area contributed by atoms with Gasteiger partial charge in [0, 0.05) is 23.8 Å². The van der Waals surface area contributed by atoms with Crippen LogP contribution in [0.4, 0.5) is 4.39 Å². The molecule has 0 aliphatic carbocycles. The van der Waals surface area contributed by atoms with Crippen molar-refractivity contribution in [1.82, 2.24) is 10.6 Å². The Morgan fingerprint density at radius 3 is 3.14 bits per heavy atom. The SMILES string of the molecule is Fc1ccc2c(c1)[C@@H](NC(=S)NC[C@H]1CCCO1)CCS2. The predicted molar refractivity (Wildman–Crippen MR) is 87.2 cm³/mol. The summed E-state index contributed by atoms with van der Waals surface area (Å²) in [5, 5.41) is 7.15. The van der Waals surface area contributed by atoms with E-state index in [1.165, 1.54) is 6.07 Å². The molecule has 1 aromatic carbocycles. The van der Waals surface area contributed by atoms with Crippen LogP contribution in [0.1, 0.15) is 30.9 Å². The Morgan fingerprint density at radius 2 is 2.33 bits per heavy atom. The molecule has 2 aliphatic heterocycles. The van der Waals surface area contributed by atoms with Crippen LogP contribution < -0.4 is 10.6 Å². The van der Waals surface area contributed by atoms with E-state index in [4.69, 9.17) is 17.0 Å². The fraction of sp³-hybridized carbons (Fsp3) is 0.533. The largest absolute Gasteiger partial charge is 0.376 e. The molecule has 1 aromatic rings. The summed E-state index contributed by atoms with van der Waals surface area (Å²) in [6, 6.07) is 5.07. The van der Waals surface area contributed by atoms with Crippen LogP contribution in [0.3, 0.4) is 0 Å². The lowest BCUT2D eigenvalue weighted by atomic mass is 10.0. The fourth-order valence-corrected chi connectivity index (χ4v) is 4.07. The Hall–Kier alpha value is -0.850. The molecule has 1 saturated heterocycles. The number of hydrogen-bond donors (Lipinski definition) is 2. The molecule has 0 saturated carbocycles. The summed E-state index contributed by atoms with van der Waals surface area (Å²) in [6.45, 7) is 1.59. The Labute approximate surface area is 134 Å². The minimum Gasteiger partial charge on any atom is -0.376 e. The van der Waals surface area contributed by atoms with Gasteiger partial charge in [-0.15, -0.1) is 11.8 Å². The minimum absolute atomic E-state index is 0.0847. The van der Waals surface area contributed by atoms with Gasteiger partial charge < -0.3 is 15.4 Å². The topological polar surface area (TPSA) is 33.3 Å². The van der Waals surface area contributed by atoms with E-state index in [2.05, 4.69) is 10.6 Å². The third-order valence-electron chi connectivity index (χ3n) is 3.83. The highest BCUT2D eigenvalue weighted by Gasteiger charge is 2.22. The van der Waals surface area contributed by atoms with Crippen LogP contribution in [0.15, 0.2) is 23.1 Å². The Kier molecular flexibility index (Phi) is 4.98.